The number of nitrogens with zero attached hydrogens (tertiary/aromatic N) is 3. The van der Waals surface area contributed by atoms with E-state index < -0.39 is 0 Å². The van der Waals surface area contributed by atoms with Crippen LogP contribution in [-0.4, -0.2) is 15.9 Å². The van der Waals surface area contributed by atoms with Crippen LogP contribution in [0, 0.1) is 25.2 Å². The van der Waals surface area contributed by atoms with E-state index >= 15 is 0 Å². The van der Waals surface area contributed by atoms with Crippen LogP contribution in [0.2, 0.25) is 0 Å². The molecule has 2 rings (SSSR count). The lowest BCUT2D eigenvalue weighted by molar-refractivity contribution is -0.115. The highest BCUT2D eigenvalue weighted by Crippen LogP contribution is 2.20. The molecule has 0 fully saturated rings. The summed E-state index contributed by atoms with van der Waals surface area (Å²) >= 11 is 0. The Balaban J connectivity index is 2.05. The molecule has 0 bridgehead atoms. The molecule has 0 saturated heterocycles. The van der Waals surface area contributed by atoms with Crippen LogP contribution in [0.3, 0.4) is 0 Å². The number of rotatable bonds is 4. The maximum atomic E-state index is 11.3. The van der Waals surface area contributed by atoms with Crippen LogP contribution < -0.4 is 10.1 Å². The molecule has 0 atom stereocenters. The Morgan fingerprint density at radius 3 is 2.43 bits per heavy atom. The number of amides is 1. The number of nitrogens with one attached hydrogen (secondary N) is 1. The number of anilines is 1. The van der Waals surface area contributed by atoms with Crippen LogP contribution in [-0.2, 0) is 4.79 Å². The molecule has 1 aromatic heterocycles. The highest BCUT2D eigenvalue weighted by Gasteiger charge is 2.04. The van der Waals surface area contributed by atoms with Crippen molar-refractivity contribution in [3.63, 3.8) is 0 Å². The summed E-state index contributed by atoms with van der Waals surface area (Å²) in [6, 6.07) is 10.7. The third kappa shape index (κ3) is 4.28. The average molecular weight is 282 g/mol. The van der Waals surface area contributed by atoms with Gasteiger partial charge in [0.25, 0.3) is 0 Å². The normalized spacial score (nSPS) is 9.76. The van der Waals surface area contributed by atoms with Crippen molar-refractivity contribution >= 4 is 11.6 Å². The monoisotopic (exact) mass is 282 g/mol. The van der Waals surface area contributed by atoms with Crippen LogP contribution in [0.25, 0.3) is 0 Å². The van der Waals surface area contributed by atoms with E-state index in [0.29, 0.717) is 11.4 Å². The number of ether oxygens (including phenoxy) is 1. The van der Waals surface area contributed by atoms with Crippen LogP contribution in [0.15, 0.2) is 30.3 Å². The van der Waals surface area contributed by atoms with Crippen molar-refractivity contribution in [2.24, 2.45) is 0 Å². The summed E-state index contributed by atoms with van der Waals surface area (Å²) in [7, 11) is 0. The number of aryl methyl sites for hydroxylation is 2. The van der Waals surface area contributed by atoms with Gasteiger partial charge in [-0.25, -0.2) is 9.97 Å². The van der Waals surface area contributed by atoms with E-state index in [9.17, 15) is 4.79 Å². The molecule has 2 aromatic rings. The summed E-state index contributed by atoms with van der Waals surface area (Å²) in [6.07, 6.45) is -0.172. The first-order valence-electron chi connectivity index (χ1n) is 6.34. The summed E-state index contributed by atoms with van der Waals surface area (Å²) in [5, 5.41) is 11.0. The van der Waals surface area contributed by atoms with Gasteiger partial charge in [-0.3, -0.25) is 4.79 Å². The van der Waals surface area contributed by atoms with Gasteiger partial charge >= 0.3 is 6.01 Å². The fourth-order valence-electron chi connectivity index (χ4n) is 1.73. The first kappa shape index (κ1) is 14.5. The SMILES string of the molecule is Cc1cc(C)nc(Oc2ccc(NC(=O)CC#N)cc2)n1. The number of nitriles is 1. The lowest BCUT2D eigenvalue weighted by Gasteiger charge is -2.07. The van der Waals surface area contributed by atoms with Gasteiger partial charge in [-0.2, -0.15) is 5.26 Å². The topological polar surface area (TPSA) is 87.9 Å². The van der Waals surface area contributed by atoms with Crippen molar-refractivity contribution in [2.75, 3.05) is 5.32 Å². The van der Waals surface area contributed by atoms with E-state index in [0.717, 1.165) is 11.4 Å². The highest BCUT2D eigenvalue weighted by atomic mass is 16.5. The van der Waals surface area contributed by atoms with Crippen molar-refractivity contribution in [1.29, 1.82) is 5.26 Å². The Morgan fingerprint density at radius 1 is 1.24 bits per heavy atom. The Kier molecular flexibility index (Phi) is 4.46. The molecule has 21 heavy (non-hydrogen) atoms. The quantitative estimate of drug-likeness (QED) is 0.931. The van der Waals surface area contributed by atoms with Gasteiger partial charge in [-0.1, -0.05) is 0 Å². The van der Waals surface area contributed by atoms with E-state index in [1.54, 1.807) is 30.3 Å². The lowest BCUT2D eigenvalue weighted by Crippen LogP contribution is -2.09. The fraction of sp³-hybridized carbons (Fsp3) is 0.200. The highest BCUT2D eigenvalue weighted by molar-refractivity contribution is 5.92. The fourth-order valence-corrected chi connectivity index (χ4v) is 1.73. The molecule has 0 radical (unpaired) electrons. The minimum atomic E-state index is -0.344. The molecule has 6 heteroatoms. The molecule has 0 saturated carbocycles. The van der Waals surface area contributed by atoms with Gasteiger partial charge in [0.05, 0.1) is 6.07 Å². The summed E-state index contributed by atoms with van der Waals surface area (Å²) in [5.74, 6) is 0.224. The molecule has 0 aliphatic carbocycles. The minimum Gasteiger partial charge on any atom is -0.424 e. The van der Waals surface area contributed by atoms with Crippen molar-refractivity contribution in [3.05, 3.63) is 41.7 Å². The molecule has 1 N–H and O–H groups in total. The van der Waals surface area contributed by atoms with Gasteiger partial charge < -0.3 is 10.1 Å². The summed E-state index contributed by atoms with van der Waals surface area (Å²) < 4.78 is 5.56. The third-order valence-electron chi connectivity index (χ3n) is 2.55. The molecule has 6 nitrogen and oxygen atoms in total. The Bertz CT molecular complexity index is 670. The smallest absolute Gasteiger partial charge is 0.322 e. The number of aromatic nitrogens is 2. The zero-order chi connectivity index (χ0) is 15.2. The molecule has 0 unspecified atom stereocenters. The van der Waals surface area contributed by atoms with Gasteiger partial charge in [0.15, 0.2) is 0 Å². The van der Waals surface area contributed by atoms with Gasteiger partial charge in [0.1, 0.15) is 12.2 Å². The zero-order valence-electron chi connectivity index (χ0n) is 11.8. The van der Waals surface area contributed by atoms with Crippen molar-refractivity contribution in [1.82, 2.24) is 9.97 Å². The Morgan fingerprint density at radius 2 is 1.86 bits per heavy atom. The molecule has 0 aliphatic rings. The van der Waals surface area contributed by atoms with E-state index in [1.807, 2.05) is 19.9 Å². The van der Waals surface area contributed by atoms with Gasteiger partial charge in [0, 0.05) is 17.1 Å². The minimum absolute atomic E-state index is 0.172. The van der Waals surface area contributed by atoms with Gasteiger partial charge in [-0.05, 0) is 44.2 Å². The molecule has 1 aromatic carbocycles. The predicted molar refractivity (Wildman–Crippen MR) is 76.9 cm³/mol. The second-order valence-electron chi connectivity index (χ2n) is 4.44. The van der Waals surface area contributed by atoms with Crippen LogP contribution in [0.5, 0.6) is 11.8 Å². The van der Waals surface area contributed by atoms with Gasteiger partial charge in [-0.15, -0.1) is 0 Å². The molecule has 106 valence electrons. The largest absolute Gasteiger partial charge is 0.424 e. The zero-order valence-corrected chi connectivity index (χ0v) is 11.8. The van der Waals surface area contributed by atoms with Crippen molar-refractivity contribution in [2.45, 2.75) is 20.3 Å². The molecular formula is C15H14N4O2. The van der Waals surface area contributed by atoms with Crippen molar-refractivity contribution in [3.8, 4) is 17.8 Å². The van der Waals surface area contributed by atoms with Gasteiger partial charge in [0.2, 0.25) is 5.91 Å². The van der Waals surface area contributed by atoms with E-state index in [2.05, 4.69) is 15.3 Å². The summed E-state index contributed by atoms with van der Waals surface area (Å²) in [4.78, 5) is 19.6. The van der Waals surface area contributed by atoms with Crippen LogP contribution in [0.4, 0.5) is 5.69 Å². The van der Waals surface area contributed by atoms with E-state index in [4.69, 9.17) is 10.00 Å². The number of hydrogen-bond acceptors (Lipinski definition) is 5. The van der Waals surface area contributed by atoms with E-state index in [-0.39, 0.29) is 18.3 Å². The molecule has 1 heterocycles. The number of carbonyl (C=O) groups excluding carboxylic acids is 1. The maximum absolute atomic E-state index is 11.3. The van der Waals surface area contributed by atoms with Crippen LogP contribution >= 0.6 is 0 Å². The standard InChI is InChI=1S/C15H14N4O2/c1-10-9-11(2)18-15(17-10)21-13-5-3-12(4-6-13)19-14(20)7-8-16/h3-6,9H,7H2,1-2H3,(H,19,20). The Hall–Kier alpha value is -2.94. The first-order chi connectivity index (χ1) is 10.1. The first-order valence-corrected chi connectivity index (χ1v) is 6.34. The number of benzene rings is 1. The second-order valence-corrected chi connectivity index (χ2v) is 4.44. The average Bonchev–Trinajstić information content (AvgIpc) is 2.40. The predicted octanol–water partition coefficient (Wildman–Crippen LogP) is 2.74. The lowest BCUT2D eigenvalue weighted by atomic mass is 10.3. The van der Waals surface area contributed by atoms with Crippen molar-refractivity contribution < 1.29 is 9.53 Å². The maximum Gasteiger partial charge on any atom is 0.322 e. The molecule has 1 amide bonds. The molecule has 0 spiro atoms. The van der Waals surface area contributed by atoms with E-state index in [1.165, 1.54) is 0 Å². The molecule has 0 aliphatic heterocycles. The molecular weight excluding hydrogens is 268 g/mol. The summed E-state index contributed by atoms with van der Waals surface area (Å²) in [5.41, 5.74) is 2.26. The van der Waals surface area contributed by atoms with Crippen LogP contribution in [0.1, 0.15) is 17.8 Å². The number of carbonyl (C=O) groups is 1. The second kappa shape index (κ2) is 6.48. The summed E-state index contributed by atoms with van der Waals surface area (Å²) in [6.45, 7) is 3.74. The number of hydrogen-bond donors (Lipinski definition) is 1. The Labute approximate surface area is 122 Å². The third-order valence-corrected chi connectivity index (χ3v) is 2.55.